The molecule has 6 heteroatoms. The molecule has 0 saturated carbocycles. The molecule has 0 rings (SSSR count). The number of hydrogen-bond acceptors (Lipinski definition) is 5. The number of aliphatic hydroxyl groups is 2. The summed E-state index contributed by atoms with van der Waals surface area (Å²) in [6, 6.07) is -0.627. The maximum atomic E-state index is 12.5. The number of ether oxygens (including phenoxy) is 1. The fourth-order valence-corrected chi connectivity index (χ4v) is 12.0. The minimum Gasteiger partial charge on any atom is -0.466 e. The molecule has 0 aliphatic rings. The lowest BCUT2D eigenvalue weighted by atomic mass is 10.0. The minimum atomic E-state index is -0.844. The van der Waals surface area contributed by atoms with Crippen molar-refractivity contribution in [2.75, 3.05) is 13.2 Å². The summed E-state index contributed by atoms with van der Waals surface area (Å²) in [4.78, 5) is 24.6. The van der Waals surface area contributed by atoms with E-state index in [4.69, 9.17) is 4.74 Å². The molecule has 500 valence electrons. The normalized spacial score (nSPS) is 12.8. The Morgan fingerprint density at radius 1 is 0.329 bits per heavy atom. The van der Waals surface area contributed by atoms with Crippen LogP contribution >= 0.6 is 0 Å². The third kappa shape index (κ3) is 70.8. The van der Waals surface area contributed by atoms with Crippen LogP contribution in [0.5, 0.6) is 0 Å². The van der Waals surface area contributed by atoms with Crippen LogP contribution in [0.2, 0.25) is 0 Å². The van der Waals surface area contributed by atoms with Gasteiger partial charge in [-0.05, 0) is 89.9 Å². The minimum absolute atomic E-state index is 0.0139. The molecule has 3 N–H and O–H groups in total. The van der Waals surface area contributed by atoms with E-state index in [-0.39, 0.29) is 18.5 Å². The third-order valence-electron chi connectivity index (χ3n) is 17.8. The van der Waals surface area contributed by atoms with Crippen LogP contribution in [0.15, 0.2) is 48.6 Å². The fraction of sp³-hybridized carbons (Fsp3) is 0.873. The van der Waals surface area contributed by atoms with Crippen molar-refractivity contribution in [1.29, 1.82) is 0 Å². The molecule has 0 fully saturated rings. The molecule has 0 bridgehead atoms. The third-order valence-corrected chi connectivity index (χ3v) is 17.8. The van der Waals surface area contributed by atoms with Crippen molar-refractivity contribution in [3.8, 4) is 0 Å². The summed E-state index contributed by atoms with van der Waals surface area (Å²) in [5, 5.41) is 23.2. The summed E-state index contributed by atoms with van der Waals surface area (Å²) in [7, 11) is 0. The first-order chi connectivity index (χ1) is 42.0. The van der Waals surface area contributed by atoms with Crippen LogP contribution in [0.4, 0.5) is 0 Å². The number of carbonyl (C=O) groups is 2. The number of carbonyl (C=O) groups excluding carboxylic acids is 2. The highest BCUT2D eigenvalue weighted by Gasteiger charge is 2.18. The average molecular weight is 1190 g/mol. The van der Waals surface area contributed by atoms with Gasteiger partial charge in [0.2, 0.25) is 5.91 Å². The van der Waals surface area contributed by atoms with E-state index in [1.807, 2.05) is 6.08 Å². The maximum Gasteiger partial charge on any atom is 0.305 e. The van der Waals surface area contributed by atoms with Crippen molar-refractivity contribution in [1.82, 2.24) is 5.32 Å². The summed E-state index contributed by atoms with van der Waals surface area (Å²) in [6.45, 7) is 4.93. The van der Waals surface area contributed by atoms with Gasteiger partial charge in [-0.15, -0.1) is 0 Å². The summed E-state index contributed by atoms with van der Waals surface area (Å²) < 4.78 is 5.51. The molecule has 0 aromatic carbocycles. The van der Waals surface area contributed by atoms with Gasteiger partial charge in [-0.3, -0.25) is 9.59 Å². The maximum absolute atomic E-state index is 12.5. The molecule has 0 aliphatic carbocycles. The number of esters is 1. The molecule has 0 aromatic rings. The highest BCUT2D eigenvalue weighted by atomic mass is 16.5. The van der Waals surface area contributed by atoms with Gasteiger partial charge in [0.15, 0.2) is 0 Å². The van der Waals surface area contributed by atoms with Crippen LogP contribution in [0.1, 0.15) is 418 Å². The van der Waals surface area contributed by atoms with E-state index in [1.54, 1.807) is 6.08 Å². The number of hydrogen-bond donors (Lipinski definition) is 3. The second-order valence-electron chi connectivity index (χ2n) is 26.3. The Kier molecular flexibility index (Phi) is 72.4. The summed E-state index contributed by atoms with van der Waals surface area (Å²) >= 11 is 0. The van der Waals surface area contributed by atoms with E-state index >= 15 is 0 Å². The number of allylic oxidation sites excluding steroid dienone is 7. The Morgan fingerprint density at radius 2 is 0.588 bits per heavy atom. The van der Waals surface area contributed by atoms with E-state index < -0.39 is 12.1 Å². The molecule has 0 radical (unpaired) electrons. The molecule has 2 unspecified atom stereocenters. The van der Waals surface area contributed by atoms with Gasteiger partial charge in [0, 0.05) is 12.8 Å². The first kappa shape index (κ1) is 82.8. The summed E-state index contributed by atoms with van der Waals surface area (Å²) in [5.41, 5.74) is 0. The van der Waals surface area contributed by atoms with E-state index in [9.17, 15) is 19.8 Å². The zero-order chi connectivity index (χ0) is 61.3. The monoisotopic (exact) mass is 1190 g/mol. The number of nitrogens with one attached hydrogen (secondary N) is 1. The van der Waals surface area contributed by atoms with E-state index in [0.29, 0.717) is 19.4 Å². The summed E-state index contributed by atoms with van der Waals surface area (Å²) in [5.74, 6) is -0.0497. The zero-order valence-corrected chi connectivity index (χ0v) is 57.4. The largest absolute Gasteiger partial charge is 0.466 e. The number of rotatable bonds is 72. The Morgan fingerprint density at radius 3 is 0.906 bits per heavy atom. The van der Waals surface area contributed by atoms with Gasteiger partial charge in [-0.1, -0.05) is 364 Å². The molecular formula is C79H149NO5. The molecule has 0 aliphatic heterocycles. The van der Waals surface area contributed by atoms with Crippen LogP contribution in [-0.4, -0.2) is 47.4 Å². The molecule has 6 nitrogen and oxygen atoms in total. The lowest BCUT2D eigenvalue weighted by molar-refractivity contribution is -0.143. The van der Waals surface area contributed by atoms with Gasteiger partial charge >= 0.3 is 5.97 Å². The van der Waals surface area contributed by atoms with Gasteiger partial charge in [-0.25, -0.2) is 0 Å². The van der Waals surface area contributed by atoms with Crippen LogP contribution in [0, 0.1) is 0 Å². The van der Waals surface area contributed by atoms with Crippen molar-refractivity contribution in [3.05, 3.63) is 48.6 Å². The molecule has 0 saturated heterocycles. The zero-order valence-electron chi connectivity index (χ0n) is 57.4. The number of amides is 1. The van der Waals surface area contributed by atoms with Crippen LogP contribution < -0.4 is 5.32 Å². The van der Waals surface area contributed by atoms with Crippen molar-refractivity contribution in [2.24, 2.45) is 0 Å². The predicted octanol–water partition coefficient (Wildman–Crippen LogP) is 25.2. The second kappa shape index (κ2) is 74.3. The molecule has 0 heterocycles. The van der Waals surface area contributed by atoms with E-state index in [2.05, 4.69) is 55.6 Å². The molecule has 0 spiro atoms. The molecular weight excluding hydrogens is 1040 g/mol. The quantitative estimate of drug-likeness (QED) is 0.0320. The first-order valence-corrected chi connectivity index (χ1v) is 38.4. The standard InChI is InChI=1S/C79H149NO5/c1-3-5-7-9-11-13-15-17-19-21-37-41-45-49-53-57-61-65-69-73-79(84)85-74-70-66-62-58-54-50-46-42-39-36-34-32-30-28-26-24-22-23-25-27-29-31-33-35-38-40-44-48-52-56-60-64-68-72-78(83)80-76(75-81)77(82)71-67-63-59-55-51-47-43-20-18-16-14-12-10-8-6-4-2/h17,19,26,28,32,34,67,71,76-77,81-82H,3-16,18,20-25,27,29-31,33,35-66,68-70,72-75H2,1-2H3,(H,80,83)/b19-17-,28-26-,34-32-,71-67+. The highest BCUT2D eigenvalue weighted by molar-refractivity contribution is 5.76. The predicted molar refractivity (Wildman–Crippen MR) is 375 cm³/mol. The molecule has 0 aromatic heterocycles. The van der Waals surface area contributed by atoms with Gasteiger partial charge in [0.05, 0.1) is 25.4 Å². The Hall–Kier alpha value is -2.18. The van der Waals surface area contributed by atoms with Crippen molar-refractivity contribution in [2.45, 2.75) is 431 Å². The smallest absolute Gasteiger partial charge is 0.305 e. The molecule has 1 amide bonds. The Balaban J connectivity index is 3.38. The average Bonchev–Trinajstić information content (AvgIpc) is 3.51. The van der Waals surface area contributed by atoms with Gasteiger partial charge in [-0.2, -0.15) is 0 Å². The Bertz CT molecular complexity index is 1420. The molecule has 2 atom stereocenters. The van der Waals surface area contributed by atoms with Crippen LogP contribution in [-0.2, 0) is 14.3 Å². The van der Waals surface area contributed by atoms with E-state index in [0.717, 1.165) is 51.4 Å². The first-order valence-electron chi connectivity index (χ1n) is 38.4. The van der Waals surface area contributed by atoms with Crippen molar-refractivity contribution in [3.63, 3.8) is 0 Å². The Labute approximate surface area is 531 Å². The van der Waals surface area contributed by atoms with Gasteiger partial charge in [0.1, 0.15) is 0 Å². The second-order valence-corrected chi connectivity index (χ2v) is 26.3. The summed E-state index contributed by atoms with van der Waals surface area (Å²) in [6.07, 6.45) is 97.9. The SMILES string of the molecule is CCCCCCCC/C=C\CCCCCCCCCCCC(=O)OCCCCCCCCCCC/C=C\C/C=C\CCCCCCCCCCCCCCCCCCCC(=O)NC(CO)C(O)/C=C/CCCCCCCCCCCCCCCC. The topological polar surface area (TPSA) is 95.9 Å². The lowest BCUT2D eigenvalue weighted by Gasteiger charge is -2.20. The number of aliphatic hydroxyl groups excluding tert-OH is 2. The lowest BCUT2D eigenvalue weighted by Crippen LogP contribution is -2.45. The van der Waals surface area contributed by atoms with Crippen molar-refractivity contribution < 1.29 is 24.5 Å². The van der Waals surface area contributed by atoms with Crippen LogP contribution in [0.25, 0.3) is 0 Å². The fourth-order valence-electron chi connectivity index (χ4n) is 12.0. The van der Waals surface area contributed by atoms with Crippen molar-refractivity contribution >= 4 is 11.9 Å². The molecule has 85 heavy (non-hydrogen) atoms. The van der Waals surface area contributed by atoms with Gasteiger partial charge < -0.3 is 20.3 Å². The van der Waals surface area contributed by atoms with Gasteiger partial charge in [0.25, 0.3) is 0 Å². The van der Waals surface area contributed by atoms with Crippen LogP contribution in [0.3, 0.4) is 0 Å². The number of unbranched alkanes of at least 4 members (excludes halogenated alkanes) is 55. The van der Waals surface area contributed by atoms with E-state index in [1.165, 1.54) is 340 Å². The highest BCUT2D eigenvalue weighted by Crippen LogP contribution is 2.19.